The zero-order valence-electron chi connectivity index (χ0n) is 15.1. The first-order chi connectivity index (χ1) is 11.6. The topological polar surface area (TPSA) is 31.2 Å². The van der Waals surface area contributed by atoms with Crippen LogP contribution in [0, 0.1) is 0 Å². The average molecular weight is 347 g/mol. The monoisotopic (exact) mass is 346 g/mol. The van der Waals surface area contributed by atoms with Gasteiger partial charge in [0.05, 0.1) is 11.9 Å². The molecule has 132 valence electrons. The molecule has 3 rings (SSSR count). The highest BCUT2D eigenvalue weighted by atomic mass is 32.2. The summed E-state index contributed by atoms with van der Waals surface area (Å²) in [7, 11) is 0. The zero-order valence-corrected chi connectivity index (χ0v) is 15.9. The summed E-state index contributed by atoms with van der Waals surface area (Å²) in [5, 5.41) is 1.49. The number of rotatable bonds is 1. The molecule has 0 aromatic heterocycles. The molecule has 0 amide bonds. The van der Waals surface area contributed by atoms with E-state index in [0.717, 1.165) is 35.7 Å². The summed E-state index contributed by atoms with van der Waals surface area (Å²) in [4.78, 5) is 14.4. The lowest BCUT2D eigenvalue weighted by molar-refractivity contribution is 0.115. The number of likely N-dealkylation sites (tertiary alicyclic amines) is 2. The second kappa shape index (κ2) is 8.34. The Morgan fingerprint density at radius 2 is 1.83 bits per heavy atom. The van der Waals surface area contributed by atoms with Crippen molar-refractivity contribution >= 4 is 23.1 Å². The Hall–Kier alpha value is -1.07. The van der Waals surface area contributed by atoms with Gasteiger partial charge in [-0.05, 0) is 52.6 Å². The van der Waals surface area contributed by atoms with Crippen LogP contribution in [0.15, 0.2) is 34.0 Å². The summed E-state index contributed by atoms with van der Waals surface area (Å²) in [5.74, 6) is 0. The molecule has 4 nitrogen and oxygen atoms in total. The summed E-state index contributed by atoms with van der Waals surface area (Å²) in [6, 6.07) is 0.771. The molecule has 0 bridgehead atoms. The lowest BCUT2D eigenvalue weighted by Gasteiger charge is -2.41. The van der Waals surface area contributed by atoms with Crippen LogP contribution in [-0.2, 0) is 0 Å². The number of amidine groups is 1. The standard InChI is InChI=1S/C19H30N4S/c1-15-13-17(3)24-19(21-16(2)14-20-15)23-11-7-18(8-12-23)22-9-5-4-6-10-22/h13-14,17-18H,2,4-12H2,1,3H3. The van der Waals surface area contributed by atoms with E-state index in [0.29, 0.717) is 5.25 Å². The van der Waals surface area contributed by atoms with Gasteiger partial charge in [-0.1, -0.05) is 30.8 Å². The molecular formula is C19H30N4S. The Morgan fingerprint density at radius 3 is 2.54 bits per heavy atom. The van der Waals surface area contributed by atoms with Crippen molar-refractivity contribution in [3.05, 3.63) is 24.0 Å². The van der Waals surface area contributed by atoms with Crippen LogP contribution in [0.2, 0.25) is 0 Å². The third kappa shape index (κ3) is 4.73. The van der Waals surface area contributed by atoms with E-state index >= 15 is 0 Å². The molecule has 3 aliphatic rings. The largest absolute Gasteiger partial charge is 0.351 e. The average Bonchev–Trinajstić information content (AvgIpc) is 2.66. The highest BCUT2D eigenvalue weighted by Gasteiger charge is 2.27. The van der Waals surface area contributed by atoms with E-state index in [1.807, 2.05) is 18.7 Å². The van der Waals surface area contributed by atoms with Gasteiger partial charge in [0, 0.05) is 30.1 Å². The van der Waals surface area contributed by atoms with E-state index in [-0.39, 0.29) is 0 Å². The van der Waals surface area contributed by atoms with Crippen molar-refractivity contribution in [2.24, 2.45) is 9.98 Å². The van der Waals surface area contributed by atoms with Crippen molar-refractivity contribution in [3.63, 3.8) is 0 Å². The molecule has 2 fully saturated rings. The Labute approximate surface area is 150 Å². The van der Waals surface area contributed by atoms with Gasteiger partial charge in [0.2, 0.25) is 0 Å². The fourth-order valence-corrected chi connectivity index (χ4v) is 4.89. The maximum Gasteiger partial charge on any atom is 0.164 e. The van der Waals surface area contributed by atoms with E-state index in [1.54, 1.807) is 6.21 Å². The van der Waals surface area contributed by atoms with Crippen molar-refractivity contribution in [3.8, 4) is 0 Å². The number of aliphatic imine (C=N–C) groups is 2. The maximum absolute atomic E-state index is 4.76. The lowest BCUT2D eigenvalue weighted by Crippen LogP contribution is -2.47. The normalized spacial score (nSPS) is 28.0. The summed E-state index contributed by atoms with van der Waals surface area (Å²) in [5.41, 5.74) is 1.79. The zero-order chi connectivity index (χ0) is 16.9. The van der Waals surface area contributed by atoms with Crippen molar-refractivity contribution in [2.45, 2.75) is 57.2 Å². The molecule has 1 atom stereocenters. The van der Waals surface area contributed by atoms with Crippen LogP contribution in [0.1, 0.15) is 46.0 Å². The molecular weight excluding hydrogens is 316 g/mol. The van der Waals surface area contributed by atoms with Crippen LogP contribution < -0.4 is 0 Å². The Morgan fingerprint density at radius 1 is 1.12 bits per heavy atom. The van der Waals surface area contributed by atoms with E-state index in [2.05, 4.69) is 34.4 Å². The fourth-order valence-electron chi connectivity index (χ4n) is 3.79. The molecule has 24 heavy (non-hydrogen) atoms. The molecule has 0 N–H and O–H groups in total. The second-order valence-corrected chi connectivity index (χ2v) is 8.43. The van der Waals surface area contributed by atoms with Crippen LogP contribution in [0.3, 0.4) is 0 Å². The lowest BCUT2D eigenvalue weighted by atomic mass is 10.0. The Bertz CT molecular complexity index is 538. The third-order valence-electron chi connectivity index (χ3n) is 5.07. The van der Waals surface area contributed by atoms with Gasteiger partial charge in [0.15, 0.2) is 5.17 Å². The molecule has 3 aliphatic heterocycles. The molecule has 5 heteroatoms. The van der Waals surface area contributed by atoms with Crippen molar-refractivity contribution in [1.82, 2.24) is 9.80 Å². The number of piperidine rings is 2. The predicted molar refractivity (Wildman–Crippen MR) is 106 cm³/mol. The SMILES string of the molecule is C=C1C=NC(C)=CC(C)SC(N2CCC(N3CCCCC3)CC2)=N1. The second-order valence-electron chi connectivity index (χ2n) is 7.09. The van der Waals surface area contributed by atoms with Gasteiger partial charge >= 0.3 is 0 Å². The first-order valence-electron chi connectivity index (χ1n) is 9.27. The van der Waals surface area contributed by atoms with Gasteiger partial charge in [-0.3, -0.25) is 4.99 Å². The minimum atomic E-state index is 0.381. The number of hydrogen-bond acceptors (Lipinski definition) is 5. The van der Waals surface area contributed by atoms with Gasteiger partial charge in [-0.25, -0.2) is 4.99 Å². The van der Waals surface area contributed by atoms with E-state index < -0.39 is 0 Å². The van der Waals surface area contributed by atoms with Crippen molar-refractivity contribution in [1.29, 1.82) is 0 Å². The molecule has 0 aliphatic carbocycles. The van der Waals surface area contributed by atoms with E-state index in [1.165, 1.54) is 45.2 Å². The number of nitrogens with zero attached hydrogens (tertiary/aromatic N) is 4. The van der Waals surface area contributed by atoms with E-state index in [4.69, 9.17) is 4.99 Å². The number of thioether (sulfide) groups is 1. The van der Waals surface area contributed by atoms with Crippen molar-refractivity contribution in [2.75, 3.05) is 26.2 Å². The van der Waals surface area contributed by atoms with Crippen LogP contribution >= 0.6 is 11.8 Å². The summed E-state index contributed by atoms with van der Waals surface area (Å²) >= 11 is 1.83. The molecule has 0 saturated carbocycles. The van der Waals surface area contributed by atoms with Gasteiger partial charge in [0.1, 0.15) is 0 Å². The quantitative estimate of drug-likeness (QED) is 0.721. The first-order valence-corrected chi connectivity index (χ1v) is 10.2. The van der Waals surface area contributed by atoms with Gasteiger partial charge in [0.25, 0.3) is 0 Å². The minimum Gasteiger partial charge on any atom is -0.351 e. The van der Waals surface area contributed by atoms with Crippen LogP contribution in [0.5, 0.6) is 0 Å². The third-order valence-corrected chi connectivity index (χ3v) is 6.13. The maximum atomic E-state index is 4.76. The minimum absolute atomic E-state index is 0.381. The molecule has 0 aromatic carbocycles. The van der Waals surface area contributed by atoms with Crippen LogP contribution in [-0.4, -0.2) is 58.7 Å². The summed E-state index contributed by atoms with van der Waals surface area (Å²) < 4.78 is 0. The molecule has 0 radical (unpaired) electrons. The molecule has 0 aromatic rings. The molecule has 1 unspecified atom stereocenters. The molecule has 0 spiro atoms. The van der Waals surface area contributed by atoms with Gasteiger partial charge < -0.3 is 9.80 Å². The van der Waals surface area contributed by atoms with Crippen molar-refractivity contribution < 1.29 is 0 Å². The predicted octanol–water partition coefficient (Wildman–Crippen LogP) is 3.92. The Kier molecular flexibility index (Phi) is 6.17. The highest BCUT2D eigenvalue weighted by Crippen LogP contribution is 2.26. The summed E-state index contributed by atoms with van der Waals surface area (Å²) in [6.45, 7) is 13.1. The summed E-state index contributed by atoms with van der Waals surface area (Å²) in [6.07, 6.45) is 10.7. The fraction of sp³-hybridized carbons (Fsp3) is 0.684. The molecule has 3 heterocycles. The van der Waals surface area contributed by atoms with E-state index in [9.17, 15) is 0 Å². The number of hydrogen-bond donors (Lipinski definition) is 0. The highest BCUT2D eigenvalue weighted by molar-refractivity contribution is 8.14. The van der Waals surface area contributed by atoms with Crippen LogP contribution in [0.4, 0.5) is 0 Å². The van der Waals surface area contributed by atoms with Gasteiger partial charge in [-0.15, -0.1) is 0 Å². The first kappa shape index (κ1) is 17.7. The van der Waals surface area contributed by atoms with Gasteiger partial charge in [-0.2, -0.15) is 0 Å². The molecule has 2 saturated heterocycles. The van der Waals surface area contributed by atoms with Crippen LogP contribution in [0.25, 0.3) is 0 Å². The number of allylic oxidation sites excluding steroid dienone is 2. The smallest absolute Gasteiger partial charge is 0.164 e. The Balaban J connectivity index is 1.62.